The van der Waals surface area contributed by atoms with Crippen LogP contribution in [0.25, 0.3) is 10.2 Å². The van der Waals surface area contributed by atoms with Crippen LogP contribution in [0.1, 0.15) is 33.0 Å². The normalized spacial score (nSPS) is 13.5. The van der Waals surface area contributed by atoms with Crippen molar-refractivity contribution in [1.82, 2.24) is 15.3 Å². The minimum Gasteiger partial charge on any atom is -0.472 e. The molecule has 0 spiro atoms. The number of amides is 1. The lowest BCUT2D eigenvalue weighted by Gasteiger charge is -2.03. The first-order chi connectivity index (χ1) is 10.7. The summed E-state index contributed by atoms with van der Waals surface area (Å²) in [6, 6.07) is 1.77. The Morgan fingerprint density at radius 3 is 3.18 bits per heavy atom. The summed E-state index contributed by atoms with van der Waals surface area (Å²) in [5.41, 5.74) is 1.74. The highest BCUT2D eigenvalue weighted by atomic mass is 32.1. The zero-order valence-electron chi connectivity index (χ0n) is 11.6. The molecular formula is C15H13N3O3S. The van der Waals surface area contributed by atoms with E-state index in [2.05, 4.69) is 15.3 Å². The Balaban J connectivity index is 1.65. The second kappa shape index (κ2) is 5.10. The zero-order valence-corrected chi connectivity index (χ0v) is 12.5. The third-order valence-electron chi connectivity index (χ3n) is 3.82. The molecule has 7 heteroatoms. The molecule has 3 aromatic rings. The lowest BCUT2D eigenvalue weighted by atomic mass is 10.2. The summed E-state index contributed by atoms with van der Waals surface area (Å²) >= 11 is 1.52. The minimum absolute atomic E-state index is 0.0564. The maximum Gasteiger partial charge on any atom is 0.287 e. The Morgan fingerprint density at radius 2 is 2.36 bits per heavy atom. The van der Waals surface area contributed by atoms with E-state index in [0.29, 0.717) is 16.8 Å². The zero-order chi connectivity index (χ0) is 15.1. The summed E-state index contributed by atoms with van der Waals surface area (Å²) in [6.07, 6.45) is 6.11. The number of aryl methyl sites for hydroxylation is 2. The van der Waals surface area contributed by atoms with Crippen LogP contribution >= 0.6 is 11.3 Å². The molecule has 0 atom stereocenters. The molecule has 1 amide bonds. The first kappa shape index (κ1) is 13.3. The third kappa shape index (κ3) is 2.14. The van der Waals surface area contributed by atoms with Gasteiger partial charge in [-0.1, -0.05) is 0 Å². The van der Waals surface area contributed by atoms with Gasteiger partial charge in [0.2, 0.25) is 5.82 Å². The quantitative estimate of drug-likeness (QED) is 0.774. The van der Waals surface area contributed by atoms with Crippen molar-refractivity contribution in [2.75, 3.05) is 0 Å². The molecule has 3 aromatic heterocycles. The molecular weight excluding hydrogens is 302 g/mol. The van der Waals surface area contributed by atoms with Gasteiger partial charge in [0, 0.05) is 17.0 Å². The number of thiophene rings is 1. The summed E-state index contributed by atoms with van der Waals surface area (Å²) in [5, 5.41) is 3.37. The van der Waals surface area contributed by atoms with E-state index in [1.54, 1.807) is 18.6 Å². The van der Waals surface area contributed by atoms with E-state index in [-0.39, 0.29) is 11.4 Å². The molecule has 1 aliphatic rings. The first-order valence-electron chi connectivity index (χ1n) is 7.06. The van der Waals surface area contributed by atoms with Crippen LogP contribution in [0.15, 0.2) is 27.8 Å². The van der Waals surface area contributed by atoms with Crippen LogP contribution < -0.4 is 10.9 Å². The van der Waals surface area contributed by atoms with Crippen LogP contribution in [-0.4, -0.2) is 15.9 Å². The number of hydrogen-bond acceptors (Lipinski definition) is 5. The molecule has 112 valence electrons. The van der Waals surface area contributed by atoms with Crippen LogP contribution in [0.3, 0.4) is 0 Å². The van der Waals surface area contributed by atoms with Crippen molar-refractivity contribution >= 4 is 27.5 Å². The molecule has 22 heavy (non-hydrogen) atoms. The summed E-state index contributed by atoms with van der Waals surface area (Å²) < 4.78 is 4.94. The number of H-pyrrole nitrogens is 1. The van der Waals surface area contributed by atoms with E-state index < -0.39 is 5.91 Å². The molecule has 0 radical (unpaired) electrons. The fraction of sp³-hybridized carbons (Fsp3) is 0.267. The van der Waals surface area contributed by atoms with Gasteiger partial charge in [0.1, 0.15) is 4.83 Å². The van der Waals surface area contributed by atoms with Crippen LogP contribution in [0.4, 0.5) is 0 Å². The largest absolute Gasteiger partial charge is 0.472 e. The number of furan rings is 1. The van der Waals surface area contributed by atoms with E-state index in [1.165, 1.54) is 16.2 Å². The van der Waals surface area contributed by atoms with Gasteiger partial charge >= 0.3 is 0 Å². The number of nitrogens with one attached hydrogen (secondary N) is 2. The second-order valence-corrected chi connectivity index (χ2v) is 6.35. The van der Waals surface area contributed by atoms with Crippen molar-refractivity contribution in [3.63, 3.8) is 0 Å². The number of hydrogen-bond donors (Lipinski definition) is 2. The average molecular weight is 315 g/mol. The molecule has 0 aliphatic heterocycles. The van der Waals surface area contributed by atoms with E-state index in [0.717, 1.165) is 30.4 Å². The molecule has 4 rings (SSSR count). The van der Waals surface area contributed by atoms with E-state index in [1.807, 2.05) is 0 Å². The molecule has 2 N–H and O–H groups in total. The summed E-state index contributed by atoms with van der Waals surface area (Å²) in [5.74, 6) is -0.338. The summed E-state index contributed by atoms with van der Waals surface area (Å²) in [4.78, 5) is 33.2. The molecule has 1 aliphatic carbocycles. The molecule has 0 unspecified atom stereocenters. The average Bonchev–Trinajstić information content (AvgIpc) is 3.20. The predicted molar refractivity (Wildman–Crippen MR) is 82.1 cm³/mol. The highest BCUT2D eigenvalue weighted by Gasteiger charge is 2.22. The van der Waals surface area contributed by atoms with Crippen molar-refractivity contribution in [3.8, 4) is 0 Å². The van der Waals surface area contributed by atoms with Crippen molar-refractivity contribution < 1.29 is 9.21 Å². The number of aromatic nitrogens is 2. The van der Waals surface area contributed by atoms with Gasteiger partial charge in [0.05, 0.1) is 17.9 Å². The maximum atomic E-state index is 12.3. The van der Waals surface area contributed by atoms with Crippen molar-refractivity contribution in [1.29, 1.82) is 0 Å². The Bertz CT molecular complexity index is 908. The van der Waals surface area contributed by atoms with Gasteiger partial charge in [-0.15, -0.1) is 11.3 Å². The first-order valence-corrected chi connectivity index (χ1v) is 7.88. The van der Waals surface area contributed by atoms with Crippen molar-refractivity contribution in [2.24, 2.45) is 0 Å². The Labute approximate surface area is 129 Å². The number of nitrogens with zero attached hydrogens (tertiary/aromatic N) is 1. The van der Waals surface area contributed by atoms with Crippen molar-refractivity contribution in [2.45, 2.75) is 25.8 Å². The fourth-order valence-corrected chi connectivity index (χ4v) is 4.03. The van der Waals surface area contributed by atoms with E-state index >= 15 is 0 Å². The molecule has 0 saturated carbocycles. The van der Waals surface area contributed by atoms with Gasteiger partial charge in [-0.25, -0.2) is 4.98 Å². The maximum absolute atomic E-state index is 12.3. The Morgan fingerprint density at radius 1 is 1.45 bits per heavy atom. The lowest BCUT2D eigenvalue weighted by molar-refractivity contribution is 0.0940. The fourth-order valence-electron chi connectivity index (χ4n) is 2.77. The second-order valence-electron chi connectivity index (χ2n) is 5.27. The van der Waals surface area contributed by atoms with Crippen LogP contribution in [0.5, 0.6) is 0 Å². The van der Waals surface area contributed by atoms with E-state index in [4.69, 9.17) is 4.42 Å². The molecule has 3 heterocycles. The SMILES string of the molecule is O=C(NCc1ccoc1)c1nc2sc3c(c2c(=O)[nH]1)CCC3. The molecule has 0 saturated heterocycles. The van der Waals surface area contributed by atoms with Gasteiger partial charge in [-0.05, 0) is 30.9 Å². The predicted octanol–water partition coefficient (Wildman–Crippen LogP) is 2.00. The number of rotatable bonds is 3. The highest BCUT2D eigenvalue weighted by molar-refractivity contribution is 7.18. The van der Waals surface area contributed by atoms with E-state index in [9.17, 15) is 9.59 Å². The van der Waals surface area contributed by atoms with Gasteiger partial charge in [0.15, 0.2) is 0 Å². The van der Waals surface area contributed by atoms with Crippen LogP contribution in [0.2, 0.25) is 0 Å². The van der Waals surface area contributed by atoms with Crippen LogP contribution in [-0.2, 0) is 19.4 Å². The smallest absolute Gasteiger partial charge is 0.287 e. The Kier molecular flexibility index (Phi) is 3.07. The number of aromatic amines is 1. The number of fused-ring (bicyclic) bond motifs is 3. The van der Waals surface area contributed by atoms with Gasteiger partial charge in [-0.2, -0.15) is 0 Å². The standard InChI is InChI=1S/C15H13N3O3S/c19-13-11-9-2-1-3-10(9)22-15(11)18-12(17-13)14(20)16-6-8-4-5-21-7-8/h4-5,7H,1-3,6H2,(H,16,20)(H,17,18,19). The monoisotopic (exact) mass is 315 g/mol. The highest BCUT2D eigenvalue weighted by Crippen LogP contribution is 2.34. The van der Waals surface area contributed by atoms with Gasteiger partial charge in [-0.3, -0.25) is 9.59 Å². The minimum atomic E-state index is -0.395. The molecule has 0 aromatic carbocycles. The summed E-state index contributed by atoms with van der Waals surface area (Å²) in [7, 11) is 0. The number of carbonyl (C=O) groups is 1. The number of carbonyl (C=O) groups excluding carboxylic acids is 1. The van der Waals surface area contributed by atoms with Gasteiger partial charge in [0.25, 0.3) is 11.5 Å². The topological polar surface area (TPSA) is 88.0 Å². The lowest BCUT2D eigenvalue weighted by Crippen LogP contribution is -2.27. The molecule has 6 nitrogen and oxygen atoms in total. The summed E-state index contributed by atoms with van der Waals surface area (Å²) in [6.45, 7) is 0.331. The third-order valence-corrected chi connectivity index (χ3v) is 5.01. The molecule has 0 fully saturated rings. The molecule has 0 bridgehead atoms. The van der Waals surface area contributed by atoms with Gasteiger partial charge < -0.3 is 14.7 Å². The Hall–Kier alpha value is -2.41. The van der Waals surface area contributed by atoms with Crippen molar-refractivity contribution in [3.05, 3.63) is 50.8 Å². The van der Waals surface area contributed by atoms with Crippen LogP contribution in [0, 0.1) is 0 Å².